The molecule has 0 atom stereocenters. The van der Waals surface area contributed by atoms with Crippen molar-refractivity contribution in [1.29, 1.82) is 5.26 Å². The van der Waals surface area contributed by atoms with Gasteiger partial charge in [-0.25, -0.2) is 0 Å². The van der Waals surface area contributed by atoms with E-state index in [4.69, 9.17) is 16.9 Å². The number of alkyl halides is 4. The zero-order valence-electron chi connectivity index (χ0n) is 8.67. The van der Waals surface area contributed by atoms with E-state index in [0.717, 1.165) is 6.07 Å². The normalized spacial score (nSPS) is 20.8. The summed E-state index contributed by atoms with van der Waals surface area (Å²) in [4.78, 5) is 0.680. The van der Waals surface area contributed by atoms with Gasteiger partial charge in [0.2, 0.25) is 0 Å². The SMILES string of the molecule is N#Cc1nnc(Cl)cc1N1CC(F)(F)C(F)(F)C1. The average molecular weight is 281 g/mol. The van der Waals surface area contributed by atoms with Crippen molar-refractivity contribution < 1.29 is 17.6 Å². The van der Waals surface area contributed by atoms with Gasteiger partial charge in [-0.2, -0.15) is 22.8 Å². The molecule has 1 saturated heterocycles. The number of aromatic nitrogens is 2. The van der Waals surface area contributed by atoms with E-state index in [-0.39, 0.29) is 16.5 Å². The topological polar surface area (TPSA) is 52.8 Å². The molecular weight excluding hydrogens is 276 g/mol. The van der Waals surface area contributed by atoms with E-state index in [0.29, 0.717) is 4.90 Å². The summed E-state index contributed by atoms with van der Waals surface area (Å²) in [6.07, 6.45) is 0. The largest absolute Gasteiger partial charge is 0.356 e. The highest BCUT2D eigenvalue weighted by atomic mass is 35.5. The highest BCUT2D eigenvalue weighted by Gasteiger charge is 2.63. The monoisotopic (exact) mass is 280 g/mol. The highest BCUT2D eigenvalue weighted by molar-refractivity contribution is 6.29. The Balaban J connectivity index is 2.41. The predicted molar refractivity (Wildman–Crippen MR) is 53.9 cm³/mol. The molecule has 0 bridgehead atoms. The molecule has 4 nitrogen and oxygen atoms in total. The summed E-state index contributed by atoms with van der Waals surface area (Å²) < 4.78 is 52.2. The van der Waals surface area contributed by atoms with Crippen LogP contribution in [0.25, 0.3) is 0 Å². The minimum Gasteiger partial charge on any atom is -0.356 e. The second kappa shape index (κ2) is 3.95. The average Bonchev–Trinajstić information content (AvgIpc) is 2.48. The second-order valence-electron chi connectivity index (χ2n) is 3.78. The summed E-state index contributed by atoms with van der Waals surface area (Å²) in [5.74, 6) is -8.31. The summed E-state index contributed by atoms with van der Waals surface area (Å²) in [7, 11) is 0. The minimum absolute atomic E-state index is 0.164. The fourth-order valence-corrected chi connectivity index (χ4v) is 1.76. The molecule has 1 aromatic heterocycles. The van der Waals surface area contributed by atoms with E-state index in [1.54, 1.807) is 6.07 Å². The lowest BCUT2D eigenvalue weighted by molar-refractivity contribution is -0.172. The summed E-state index contributed by atoms with van der Waals surface area (Å²) in [6.45, 7) is -2.40. The Bertz CT molecular complexity index is 512. The molecule has 0 N–H and O–H groups in total. The molecule has 1 aliphatic heterocycles. The summed E-state index contributed by atoms with van der Waals surface area (Å²) >= 11 is 5.51. The lowest BCUT2D eigenvalue weighted by atomic mass is 10.2. The first-order valence-electron chi connectivity index (χ1n) is 4.71. The van der Waals surface area contributed by atoms with Crippen molar-refractivity contribution >= 4 is 17.3 Å². The maximum atomic E-state index is 13.1. The molecule has 2 rings (SSSR count). The van der Waals surface area contributed by atoms with Crippen molar-refractivity contribution in [3.05, 3.63) is 16.9 Å². The molecule has 1 aliphatic rings. The van der Waals surface area contributed by atoms with Crippen LogP contribution in [0.3, 0.4) is 0 Å². The molecule has 96 valence electrons. The number of hydrogen-bond donors (Lipinski definition) is 0. The minimum atomic E-state index is -4.16. The zero-order valence-corrected chi connectivity index (χ0v) is 9.43. The number of halogens is 5. The molecule has 0 spiro atoms. The van der Waals surface area contributed by atoms with Gasteiger partial charge in [-0.1, -0.05) is 11.6 Å². The molecule has 0 amide bonds. The van der Waals surface area contributed by atoms with Crippen LogP contribution in [0.1, 0.15) is 5.69 Å². The maximum absolute atomic E-state index is 13.1. The Morgan fingerprint density at radius 1 is 1.22 bits per heavy atom. The maximum Gasteiger partial charge on any atom is 0.329 e. The molecule has 0 radical (unpaired) electrons. The first-order chi connectivity index (χ1) is 8.27. The van der Waals surface area contributed by atoms with Gasteiger partial charge >= 0.3 is 11.8 Å². The van der Waals surface area contributed by atoms with Crippen molar-refractivity contribution in [2.24, 2.45) is 0 Å². The lowest BCUT2D eigenvalue weighted by Crippen LogP contribution is -2.38. The van der Waals surface area contributed by atoms with E-state index in [2.05, 4.69) is 10.2 Å². The van der Waals surface area contributed by atoms with Crippen LogP contribution in [0, 0.1) is 11.3 Å². The molecule has 18 heavy (non-hydrogen) atoms. The van der Waals surface area contributed by atoms with Gasteiger partial charge < -0.3 is 4.90 Å². The number of nitrogens with zero attached hydrogens (tertiary/aromatic N) is 4. The number of nitriles is 1. The lowest BCUT2D eigenvalue weighted by Gasteiger charge is -2.17. The molecule has 1 fully saturated rings. The Labute approximate surface area is 104 Å². The molecule has 0 unspecified atom stereocenters. The van der Waals surface area contributed by atoms with Gasteiger partial charge in [0.15, 0.2) is 10.8 Å². The van der Waals surface area contributed by atoms with E-state index >= 15 is 0 Å². The third-order valence-electron chi connectivity index (χ3n) is 2.50. The standard InChI is InChI=1S/C9H5ClF4N4/c10-7-1-6(5(2-15)16-17-7)18-3-8(11,12)9(13,14)4-18/h1H,3-4H2. The van der Waals surface area contributed by atoms with Crippen LogP contribution in [0.5, 0.6) is 0 Å². The smallest absolute Gasteiger partial charge is 0.329 e. The Morgan fingerprint density at radius 2 is 1.78 bits per heavy atom. The number of rotatable bonds is 1. The van der Waals surface area contributed by atoms with Gasteiger partial charge in [-0.3, -0.25) is 0 Å². The fraction of sp³-hybridized carbons (Fsp3) is 0.444. The third-order valence-corrected chi connectivity index (χ3v) is 2.69. The summed E-state index contributed by atoms with van der Waals surface area (Å²) in [6, 6.07) is 2.65. The van der Waals surface area contributed by atoms with Crippen molar-refractivity contribution in [3.63, 3.8) is 0 Å². The van der Waals surface area contributed by atoms with Gasteiger partial charge in [0.25, 0.3) is 0 Å². The van der Waals surface area contributed by atoms with Crippen LogP contribution in [0.15, 0.2) is 6.07 Å². The van der Waals surface area contributed by atoms with Crippen LogP contribution in [0.2, 0.25) is 5.15 Å². The van der Waals surface area contributed by atoms with Crippen LogP contribution < -0.4 is 4.90 Å². The van der Waals surface area contributed by atoms with Crippen LogP contribution >= 0.6 is 11.6 Å². The van der Waals surface area contributed by atoms with Crippen LogP contribution in [-0.2, 0) is 0 Å². The molecule has 1 aromatic rings. The molecule has 9 heteroatoms. The fourth-order valence-electron chi connectivity index (χ4n) is 1.62. The first kappa shape index (κ1) is 12.8. The van der Waals surface area contributed by atoms with Gasteiger partial charge in [-0.05, 0) is 0 Å². The van der Waals surface area contributed by atoms with Gasteiger partial charge in [0, 0.05) is 6.07 Å². The third kappa shape index (κ3) is 1.95. The molecule has 0 saturated carbocycles. The van der Waals surface area contributed by atoms with Crippen LogP contribution in [-0.4, -0.2) is 35.1 Å². The molecular formula is C9H5ClF4N4. The summed E-state index contributed by atoms with van der Waals surface area (Å²) in [5.41, 5.74) is -0.498. The highest BCUT2D eigenvalue weighted by Crippen LogP contribution is 2.43. The molecule has 0 aromatic carbocycles. The van der Waals surface area contributed by atoms with Gasteiger partial charge in [-0.15, -0.1) is 10.2 Å². The first-order valence-corrected chi connectivity index (χ1v) is 5.08. The Morgan fingerprint density at radius 3 is 2.28 bits per heavy atom. The zero-order chi connectivity index (χ0) is 13.6. The number of anilines is 1. The van der Waals surface area contributed by atoms with Gasteiger partial charge in [0.1, 0.15) is 6.07 Å². The summed E-state index contributed by atoms with van der Waals surface area (Å²) in [5, 5.41) is 15.3. The van der Waals surface area contributed by atoms with E-state index in [1.165, 1.54) is 0 Å². The van der Waals surface area contributed by atoms with Crippen molar-refractivity contribution in [2.75, 3.05) is 18.0 Å². The van der Waals surface area contributed by atoms with E-state index in [1.807, 2.05) is 0 Å². The van der Waals surface area contributed by atoms with Crippen molar-refractivity contribution in [1.82, 2.24) is 10.2 Å². The van der Waals surface area contributed by atoms with Crippen molar-refractivity contribution in [3.8, 4) is 6.07 Å². The second-order valence-corrected chi connectivity index (χ2v) is 4.16. The molecule has 2 heterocycles. The van der Waals surface area contributed by atoms with Crippen LogP contribution in [0.4, 0.5) is 23.2 Å². The molecule has 0 aliphatic carbocycles. The van der Waals surface area contributed by atoms with E-state index < -0.39 is 24.9 Å². The van der Waals surface area contributed by atoms with E-state index in [9.17, 15) is 17.6 Å². The Kier molecular flexibility index (Phi) is 2.81. The number of hydrogen-bond acceptors (Lipinski definition) is 4. The van der Waals surface area contributed by atoms with Gasteiger partial charge in [0.05, 0.1) is 18.8 Å². The quantitative estimate of drug-likeness (QED) is 0.739. The Hall–Kier alpha value is -1.62. The van der Waals surface area contributed by atoms with Crippen molar-refractivity contribution in [2.45, 2.75) is 11.8 Å². The predicted octanol–water partition coefficient (Wildman–Crippen LogP) is 2.09.